The SMILES string of the molecule is CCC1(CC)C(NC)CC1Oc1c(I)cc(I)cc1I. The minimum Gasteiger partial charge on any atom is -0.488 e. The van der Waals surface area contributed by atoms with Crippen LogP contribution in [0.4, 0.5) is 0 Å². The van der Waals surface area contributed by atoms with E-state index in [-0.39, 0.29) is 5.41 Å². The summed E-state index contributed by atoms with van der Waals surface area (Å²) in [6, 6.07) is 4.96. The molecule has 1 aromatic carbocycles. The predicted molar refractivity (Wildman–Crippen MR) is 109 cm³/mol. The predicted octanol–water partition coefficient (Wildman–Crippen LogP) is 5.05. The Kier molecular flexibility index (Phi) is 6.28. The van der Waals surface area contributed by atoms with Crippen LogP contribution in [0.3, 0.4) is 0 Å². The zero-order valence-electron chi connectivity index (χ0n) is 12.0. The highest BCUT2D eigenvalue weighted by molar-refractivity contribution is 14.1. The zero-order chi connectivity index (χ0) is 14.9. The lowest BCUT2D eigenvalue weighted by Crippen LogP contribution is -2.63. The molecule has 1 N–H and O–H groups in total. The van der Waals surface area contributed by atoms with Gasteiger partial charge in [0.25, 0.3) is 0 Å². The van der Waals surface area contributed by atoms with Gasteiger partial charge in [0.15, 0.2) is 0 Å². The zero-order valence-corrected chi connectivity index (χ0v) is 18.4. The number of benzene rings is 1. The van der Waals surface area contributed by atoms with Gasteiger partial charge in [-0.25, -0.2) is 0 Å². The molecule has 0 heterocycles. The van der Waals surface area contributed by atoms with Crippen LogP contribution in [-0.2, 0) is 0 Å². The highest BCUT2D eigenvalue weighted by atomic mass is 127. The van der Waals surface area contributed by atoms with Gasteiger partial charge in [0.2, 0.25) is 0 Å². The number of hydrogen-bond acceptors (Lipinski definition) is 2. The molecule has 0 bridgehead atoms. The third-order valence-electron chi connectivity index (χ3n) is 4.67. The smallest absolute Gasteiger partial charge is 0.146 e. The Labute approximate surface area is 162 Å². The lowest BCUT2D eigenvalue weighted by molar-refractivity contribution is -0.0843. The fourth-order valence-corrected chi connectivity index (χ4v) is 7.14. The first-order valence-corrected chi connectivity index (χ1v) is 10.2. The maximum atomic E-state index is 6.44. The molecular weight excluding hydrogens is 591 g/mol. The van der Waals surface area contributed by atoms with Crippen molar-refractivity contribution < 1.29 is 4.74 Å². The van der Waals surface area contributed by atoms with E-state index in [2.05, 4.69) is 106 Å². The molecule has 1 aliphatic carbocycles. The van der Waals surface area contributed by atoms with E-state index >= 15 is 0 Å². The van der Waals surface area contributed by atoms with Crippen LogP contribution in [0.2, 0.25) is 0 Å². The van der Waals surface area contributed by atoms with Gasteiger partial charge in [-0.15, -0.1) is 0 Å². The van der Waals surface area contributed by atoms with Gasteiger partial charge in [-0.05, 0) is 99.8 Å². The molecule has 0 aliphatic heterocycles. The fraction of sp³-hybridized carbons (Fsp3) is 0.600. The van der Waals surface area contributed by atoms with Crippen LogP contribution in [0, 0.1) is 16.1 Å². The normalized spacial score (nSPS) is 24.3. The summed E-state index contributed by atoms with van der Waals surface area (Å²) < 4.78 is 10.1. The quantitative estimate of drug-likeness (QED) is 0.472. The first-order chi connectivity index (χ1) is 9.48. The van der Waals surface area contributed by atoms with E-state index in [1.807, 2.05) is 0 Å². The van der Waals surface area contributed by atoms with Gasteiger partial charge in [0.05, 0.1) is 7.14 Å². The van der Waals surface area contributed by atoms with Gasteiger partial charge in [-0.3, -0.25) is 0 Å². The van der Waals surface area contributed by atoms with Crippen LogP contribution >= 0.6 is 67.8 Å². The van der Waals surface area contributed by atoms with Crippen molar-refractivity contribution in [3.8, 4) is 5.75 Å². The number of nitrogens with one attached hydrogen (secondary N) is 1. The molecule has 0 amide bonds. The number of rotatable bonds is 5. The van der Waals surface area contributed by atoms with Gasteiger partial charge >= 0.3 is 0 Å². The van der Waals surface area contributed by atoms with Crippen molar-refractivity contribution in [3.05, 3.63) is 22.8 Å². The molecule has 0 radical (unpaired) electrons. The van der Waals surface area contributed by atoms with Crippen molar-refractivity contribution >= 4 is 67.8 Å². The second kappa shape index (κ2) is 7.16. The summed E-state index contributed by atoms with van der Waals surface area (Å²) >= 11 is 7.13. The highest BCUT2D eigenvalue weighted by Gasteiger charge is 2.53. The molecule has 1 aliphatic rings. The lowest BCUT2D eigenvalue weighted by atomic mass is 9.58. The van der Waals surface area contributed by atoms with Crippen LogP contribution in [0.25, 0.3) is 0 Å². The van der Waals surface area contributed by atoms with Gasteiger partial charge in [-0.2, -0.15) is 0 Å². The minimum atomic E-state index is 0.282. The standard InChI is InChI=1S/C15H20I3NO/c1-4-15(5-2)12(19-3)8-13(15)20-14-10(17)6-9(16)7-11(14)18/h6-7,12-13,19H,4-5,8H2,1-3H3. The molecule has 2 atom stereocenters. The summed E-state index contributed by atoms with van der Waals surface area (Å²) in [5, 5.41) is 3.46. The maximum absolute atomic E-state index is 6.44. The fourth-order valence-electron chi connectivity index (χ4n) is 3.30. The summed E-state index contributed by atoms with van der Waals surface area (Å²) in [7, 11) is 2.07. The molecule has 1 aromatic rings. The Balaban J connectivity index is 2.23. The first kappa shape index (κ1) is 17.5. The summed E-state index contributed by atoms with van der Waals surface area (Å²) in [6.07, 6.45) is 3.77. The van der Waals surface area contributed by atoms with Crippen LogP contribution in [0.1, 0.15) is 33.1 Å². The van der Waals surface area contributed by atoms with Crippen LogP contribution in [-0.4, -0.2) is 19.2 Å². The summed E-state index contributed by atoms with van der Waals surface area (Å²) in [6.45, 7) is 4.57. The largest absolute Gasteiger partial charge is 0.488 e. The maximum Gasteiger partial charge on any atom is 0.146 e. The van der Waals surface area contributed by atoms with Crippen molar-refractivity contribution in [3.63, 3.8) is 0 Å². The van der Waals surface area contributed by atoms with Gasteiger partial charge in [0, 0.05) is 21.4 Å². The van der Waals surface area contributed by atoms with Gasteiger partial charge in [0.1, 0.15) is 11.9 Å². The van der Waals surface area contributed by atoms with E-state index in [0.717, 1.165) is 25.0 Å². The summed E-state index contributed by atoms with van der Waals surface area (Å²) in [5.41, 5.74) is 0.282. The van der Waals surface area contributed by atoms with E-state index in [1.165, 1.54) is 10.7 Å². The Morgan fingerprint density at radius 3 is 2.20 bits per heavy atom. The topological polar surface area (TPSA) is 21.3 Å². The van der Waals surface area contributed by atoms with Crippen molar-refractivity contribution in [1.82, 2.24) is 5.32 Å². The molecule has 2 rings (SSSR count). The molecule has 1 saturated carbocycles. The lowest BCUT2D eigenvalue weighted by Gasteiger charge is -2.55. The Morgan fingerprint density at radius 1 is 1.20 bits per heavy atom. The number of ether oxygens (including phenoxy) is 1. The average Bonchev–Trinajstić information content (AvgIpc) is 2.37. The monoisotopic (exact) mass is 611 g/mol. The molecule has 2 unspecified atom stereocenters. The third kappa shape index (κ3) is 3.10. The third-order valence-corrected chi connectivity index (χ3v) is 6.90. The second-order valence-corrected chi connectivity index (χ2v) is 8.89. The first-order valence-electron chi connectivity index (χ1n) is 6.97. The molecule has 20 heavy (non-hydrogen) atoms. The van der Waals surface area contributed by atoms with Crippen molar-refractivity contribution in [1.29, 1.82) is 0 Å². The average molecular weight is 611 g/mol. The molecule has 0 spiro atoms. The number of hydrogen-bond donors (Lipinski definition) is 1. The Hall–Kier alpha value is 1.17. The molecule has 0 saturated heterocycles. The van der Waals surface area contributed by atoms with Crippen molar-refractivity contribution in [2.24, 2.45) is 5.41 Å². The van der Waals surface area contributed by atoms with Crippen molar-refractivity contribution in [2.75, 3.05) is 7.05 Å². The minimum absolute atomic E-state index is 0.282. The Bertz CT molecular complexity index is 465. The molecule has 0 aromatic heterocycles. The molecule has 112 valence electrons. The van der Waals surface area contributed by atoms with E-state index in [4.69, 9.17) is 4.74 Å². The van der Waals surface area contributed by atoms with E-state index in [0.29, 0.717) is 12.1 Å². The van der Waals surface area contributed by atoms with Crippen molar-refractivity contribution in [2.45, 2.75) is 45.3 Å². The summed E-state index contributed by atoms with van der Waals surface area (Å²) in [4.78, 5) is 0. The van der Waals surface area contributed by atoms with E-state index in [9.17, 15) is 0 Å². The van der Waals surface area contributed by atoms with Crippen LogP contribution < -0.4 is 10.1 Å². The second-order valence-electron chi connectivity index (χ2n) is 5.32. The molecule has 2 nitrogen and oxygen atoms in total. The number of halogens is 3. The molecule has 1 fully saturated rings. The summed E-state index contributed by atoms with van der Waals surface area (Å²) in [5.74, 6) is 1.07. The highest BCUT2D eigenvalue weighted by Crippen LogP contribution is 2.49. The van der Waals surface area contributed by atoms with Gasteiger partial charge in [-0.1, -0.05) is 13.8 Å². The van der Waals surface area contributed by atoms with E-state index < -0.39 is 0 Å². The van der Waals surface area contributed by atoms with Crippen LogP contribution in [0.5, 0.6) is 5.75 Å². The Morgan fingerprint density at radius 2 is 1.75 bits per heavy atom. The van der Waals surface area contributed by atoms with Gasteiger partial charge < -0.3 is 10.1 Å². The van der Waals surface area contributed by atoms with Crippen LogP contribution in [0.15, 0.2) is 12.1 Å². The molecule has 5 heteroatoms. The van der Waals surface area contributed by atoms with E-state index in [1.54, 1.807) is 0 Å². The molecular formula is C15H20I3NO.